The van der Waals surface area contributed by atoms with Crippen LogP contribution in [0.1, 0.15) is 74.5 Å². The molecule has 218 valence electrons. The second-order valence-corrected chi connectivity index (χ2v) is 11.5. The molecule has 3 aliphatic heterocycles. The SMILES string of the molecule is Cc1[nH]c(/C=C2\C(=O)Nc3ccc(C(=O)NCc4ccc(F)cc4)cc32)c(C)c1C(=O)N1CCC[C@H]1CN1CCCC1. The number of H-pyrrole nitrogens is 1. The van der Waals surface area contributed by atoms with Crippen molar-refractivity contribution in [3.63, 3.8) is 0 Å². The normalized spacial score (nSPS) is 19.4. The fourth-order valence-electron chi connectivity index (χ4n) is 6.44. The first-order valence-electron chi connectivity index (χ1n) is 14.7. The number of nitrogens with zero attached hydrogens (tertiary/aromatic N) is 2. The van der Waals surface area contributed by atoms with Crippen molar-refractivity contribution < 1.29 is 18.8 Å². The summed E-state index contributed by atoms with van der Waals surface area (Å²) >= 11 is 0. The lowest BCUT2D eigenvalue weighted by molar-refractivity contribution is -0.110. The van der Waals surface area contributed by atoms with Gasteiger partial charge in [0.2, 0.25) is 0 Å². The van der Waals surface area contributed by atoms with Gasteiger partial charge in [0.1, 0.15) is 5.82 Å². The van der Waals surface area contributed by atoms with Crippen LogP contribution in [-0.4, -0.2) is 64.7 Å². The third-order valence-corrected chi connectivity index (χ3v) is 8.72. The average molecular weight is 570 g/mol. The number of nitrogens with one attached hydrogen (secondary N) is 3. The fourth-order valence-corrected chi connectivity index (χ4v) is 6.44. The molecule has 8 nitrogen and oxygen atoms in total. The first kappa shape index (κ1) is 27.9. The number of carbonyl (C=O) groups is 3. The highest BCUT2D eigenvalue weighted by Crippen LogP contribution is 2.35. The van der Waals surface area contributed by atoms with Gasteiger partial charge in [-0.05, 0) is 100 Å². The lowest BCUT2D eigenvalue weighted by Gasteiger charge is -2.28. The molecule has 0 spiro atoms. The average Bonchev–Trinajstić information content (AvgIpc) is 3.77. The zero-order chi connectivity index (χ0) is 29.4. The maximum Gasteiger partial charge on any atom is 0.256 e. The Labute approximate surface area is 245 Å². The van der Waals surface area contributed by atoms with E-state index >= 15 is 0 Å². The molecule has 0 unspecified atom stereocenters. The van der Waals surface area contributed by atoms with Crippen molar-refractivity contribution in [3.05, 3.63) is 87.5 Å². The highest BCUT2D eigenvalue weighted by Gasteiger charge is 2.34. The van der Waals surface area contributed by atoms with Crippen LogP contribution in [0.3, 0.4) is 0 Å². The van der Waals surface area contributed by atoms with Gasteiger partial charge in [0.05, 0.1) is 11.1 Å². The lowest BCUT2D eigenvalue weighted by atomic mass is 10.0. The molecule has 2 aromatic carbocycles. The molecular weight excluding hydrogens is 533 g/mol. The van der Waals surface area contributed by atoms with Crippen LogP contribution in [0.15, 0.2) is 42.5 Å². The summed E-state index contributed by atoms with van der Waals surface area (Å²) in [5.74, 6) is -0.848. The molecule has 0 radical (unpaired) electrons. The number of amides is 3. The van der Waals surface area contributed by atoms with E-state index < -0.39 is 0 Å². The molecule has 3 amide bonds. The van der Waals surface area contributed by atoms with Crippen molar-refractivity contribution >= 4 is 35.1 Å². The Kier molecular flexibility index (Phi) is 7.68. The van der Waals surface area contributed by atoms with Gasteiger partial charge in [-0.3, -0.25) is 14.4 Å². The summed E-state index contributed by atoms with van der Waals surface area (Å²) in [4.78, 5) is 47.6. The molecule has 2 fully saturated rings. The van der Waals surface area contributed by atoms with E-state index in [1.54, 1.807) is 36.4 Å². The number of rotatable bonds is 7. The predicted molar refractivity (Wildman–Crippen MR) is 161 cm³/mol. The van der Waals surface area contributed by atoms with E-state index in [2.05, 4.69) is 20.5 Å². The largest absolute Gasteiger partial charge is 0.358 e. The van der Waals surface area contributed by atoms with Crippen molar-refractivity contribution in [2.45, 2.75) is 52.1 Å². The molecule has 9 heteroatoms. The molecule has 3 aromatic rings. The molecular formula is C33H36FN5O3. The molecule has 3 N–H and O–H groups in total. The second-order valence-electron chi connectivity index (χ2n) is 11.5. The summed E-state index contributed by atoms with van der Waals surface area (Å²) in [5.41, 5.74) is 5.83. The molecule has 6 rings (SSSR count). The summed E-state index contributed by atoms with van der Waals surface area (Å²) in [7, 11) is 0. The van der Waals surface area contributed by atoms with E-state index in [9.17, 15) is 18.8 Å². The number of hydrogen-bond acceptors (Lipinski definition) is 4. The van der Waals surface area contributed by atoms with E-state index in [1.165, 1.54) is 25.0 Å². The summed E-state index contributed by atoms with van der Waals surface area (Å²) in [5, 5.41) is 5.73. The summed E-state index contributed by atoms with van der Waals surface area (Å²) in [6.45, 7) is 7.99. The zero-order valence-electron chi connectivity index (χ0n) is 24.1. The van der Waals surface area contributed by atoms with Crippen LogP contribution >= 0.6 is 0 Å². The summed E-state index contributed by atoms with van der Waals surface area (Å²) < 4.78 is 13.2. The van der Waals surface area contributed by atoms with Gasteiger partial charge < -0.3 is 25.4 Å². The van der Waals surface area contributed by atoms with Crippen LogP contribution in [-0.2, 0) is 11.3 Å². The Hall–Kier alpha value is -4.24. The zero-order valence-corrected chi connectivity index (χ0v) is 24.1. The molecule has 1 aromatic heterocycles. The number of aryl methyl sites for hydroxylation is 1. The third-order valence-electron chi connectivity index (χ3n) is 8.72. The maximum atomic E-state index is 13.8. The van der Waals surface area contributed by atoms with E-state index in [4.69, 9.17) is 0 Å². The minimum atomic E-state index is -0.332. The lowest BCUT2D eigenvalue weighted by Crippen LogP contribution is -2.42. The van der Waals surface area contributed by atoms with Crippen molar-refractivity contribution in [3.8, 4) is 0 Å². The Balaban J connectivity index is 1.22. The van der Waals surface area contributed by atoms with Crippen molar-refractivity contribution in [2.75, 3.05) is 31.5 Å². The molecule has 1 atom stereocenters. The van der Waals surface area contributed by atoms with Gasteiger partial charge in [0.25, 0.3) is 17.7 Å². The molecule has 0 bridgehead atoms. The van der Waals surface area contributed by atoms with Crippen molar-refractivity contribution in [1.29, 1.82) is 0 Å². The van der Waals surface area contributed by atoms with E-state index in [1.807, 2.05) is 18.7 Å². The number of fused-ring (bicyclic) bond motifs is 1. The second kappa shape index (κ2) is 11.6. The number of likely N-dealkylation sites (tertiary alicyclic amines) is 2. The Morgan fingerprint density at radius 2 is 1.81 bits per heavy atom. The van der Waals surface area contributed by atoms with Crippen LogP contribution in [0.4, 0.5) is 10.1 Å². The van der Waals surface area contributed by atoms with E-state index in [0.717, 1.165) is 55.8 Å². The highest BCUT2D eigenvalue weighted by molar-refractivity contribution is 6.35. The van der Waals surface area contributed by atoms with Crippen LogP contribution in [0.2, 0.25) is 0 Å². The Bertz CT molecular complexity index is 1570. The number of hydrogen-bond donors (Lipinski definition) is 3. The van der Waals surface area contributed by atoms with E-state index in [-0.39, 0.29) is 36.1 Å². The number of anilines is 1. The molecule has 0 saturated carbocycles. The van der Waals surface area contributed by atoms with Gasteiger partial charge >= 0.3 is 0 Å². The van der Waals surface area contributed by atoms with Gasteiger partial charge in [0, 0.05) is 53.9 Å². The minimum Gasteiger partial charge on any atom is -0.358 e. The standard InChI is InChI=1S/C33H36FN5O3/c1-20-29(36-21(2)30(20)33(42)39-15-5-6-25(39)19-38-13-3-4-14-38)17-27-26-16-23(9-12-28(26)37-32(27)41)31(40)35-18-22-7-10-24(34)11-8-22/h7-12,16-17,25,36H,3-6,13-15,18-19H2,1-2H3,(H,35,40)(H,37,41)/b27-17-/t25-/m0/s1. The molecule has 3 aliphatic rings. The number of aromatic nitrogens is 1. The van der Waals surface area contributed by atoms with Crippen molar-refractivity contribution in [1.82, 2.24) is 20.1 Å². The fraction of sp³-hybridized carbons (Fsp3) is 0.364. The first-order valence-corrected chi connectivity index (χ1v) is 14.7. The van der Waals surface area contributed by atoms with Crippen LogP contribution in [0, 0.1) is 19.7 Å². The highest BCUT2D eigenvalue weighted by atomic mass is 19.1. The minimum absolute atomic E-state index is 0.0454. The molecule has 4 heterocycles. The first-order chi connectivity index (χ1) is 20.3. The number of benzene rings is 2. The van der Waals surface area contributed by atoms with Gasteiger partial charge in [0.15, 0.2) is 0 Å². The molecule has 0 aliphatic carbocycles. The van der Waals surface area contributed by atoms with Gasteiger partial charge in [-0.1, -0.05) is 12.1 Å². The van der Waals surface area contributed by atoms with Crippen molar-refractivity contribution in [2.24, 2.45) is 0 Å². The molecule has 42 heavy (non-hydrogen) atoms. The van der Waals surface area contributed by atoms with Gasteiger partial charge in [-0.15, -0.1) is 0 Å². The quantitative estimate of drug-likeness (QED) is 0.353. The van der Waals surface area contributed by atoms with Gasteiger partial charge in [-0.2, -0.15) is 0 Å². The third kappa shape index (κ3) is 5.48. The number of aromatic amines is 1. The Morgan fingerprint density at radius 1 is 1.05 bits per heavy atom. The smallest absolute Gasteiger partial charge is 0.256 e. The van der Waals surface area contributed by atoms with Crippen LogP contribution in [0.5, 0.6) is 0 Å². The molecule has 2 saturated heterocycles. The summed E-state index contributed by atoms with van der Waals surface area (Å²) in [6.07, 6.45) is 6.27. The Morgan fingerprint density at radius 3 is 2.57 bits per heavy atom. The number of halogens is 1. The topological polar surface area (TPSA) is 97.5 Å². The van der Waals surface area contributed by atoms with Gasteiger partial charge in [-0.25, -0.2) is 4.39 Å². The summed E-state index contributed by atoms with van der Waals surface area (Å²) in [6, 6.07) is 11.3. The van der Waals surface area contributed by atoms with Crippen LogP contribution < -0.4 is 10.6 Å². The predicted octanol–water partition coefficient (Wildman–Crippen LogP) is 4.89. The monoisotopic (exact) mass is 569 g/mol. The number of carbonyl (C=O) groups excluding carboxylic acids is 3. The maximum absolute atomic E-state index is 13.8. The van der Waals surface area contributed by atoms with E-state index in [0.29, 0.717) is 33.6 Å². The van der Waals surface area contributed by atoms with Crippen LogP contribution in [0.25, 0.3) is 11.6 Å².